The van der Waals surface area contributed by atoms with Gasteiger partial charge in [0, 0.05) is 0 Å². The van der Waals surface area contributed by atoms with Crippen molar-refractivity contribution in [2.75, 3.05) is 0 Å². The Bertz CT molecular complexity index is 218. The minimum absolute atomic E-state index is 0.530. The van der Waals surface area contributed by atoms with E-state index in [-0.39, 0.29) is 0 Å². The molecule has 0 aromatic rings. The van der Waals surface area contributed by atoms with Crippen LogP contribution in [0.2, 0.25) is 0 Å². The van der Waals surface area contributed by atoms with Crippen LogP contribution < -0.4 is 0 Å². The number of allylic oxidation sites excluding steroid dienone is 2. The molecule has 0 bridgehead atoms. The van der Waals surface area contributed by atoms with Crippen molar-refractivity contribution in [3.63, 3.8) is 0 Å². The predicted molar refractivity (Wildman–Crippen MR) is 59.7 cm³/mol. The fourth-order valence-electron chi connectivity index (χ4n) is 3.31. The Morgan fingerprint density at radius 2 is 1.85 bits per heavy atom. The number of rotatable bonds is 1. The molecule has 0 aliphatic heterocycles. The zero-order chi connectivity index (χ0) is 10.2. The van der Waals surface area contributed by atoms with E-state index < -0.39 is 0 Å². The van der Waals surface area contributed by atoms with Gasteiger partial charge in [-0.15, -0.1) is 0 Å². The average Bonchev–Trinajstić information content (AvgIpc) is 1.78. The van der Waals surface area contributed by atoms with E-state index in [0.717, 1.165) is 11.8 Å². The molecule has 0 nitrogen and oxygen atoms in total. The Morgan fingerprint density at radius 3 is 2.23 bits per heavy atom. The fourth-order valence-corrected chi connectivity index (χ4v) is 3.31. The van der Waals surface area contributed by atoms with Crippen LogP contribution in [0.1, 0.15) is 54.4 Å². The lowest BCUT2D eigenvalue weighted by Gasteiger charge is -2.38. The average molecular weight is 180 g/mol. The van der Waals surface area contributed by atoms with Crippen molar-refractivity contribution < 1.29 is 0 Å². The van der Waals surface area contributed by atoms with Gasteiger partial charge in [-0.05, 0) is 37.0 Å². The van der Waals surface area contributed by atoms with Gasteiger partial charge < -0.3 is 0 Å². The fraction of sp³-hybridized carbons (Fsp3) is 0.846. The summed E-state index contributed by atoms with van der Waals surface area (Å²) in [6, 6.07) is 0. The smallest absolute Gasteiger partial charge is 0.0221 e. The van der Waals surface area contributed by atoms with Gasteiger partial charge in [0.15, 0.2) is 0 Å². The lowest BCUT2D eigenvalue weighted by Crippen LogP contribution is -2.25. The minimum atomic E-state index is 0.530. The Labute approximate surface area is 83.4 Å². The first-order valence-electron chi connectivity index (χ1n) is 5.53. The highest BCUT2D eigenvalue weighted by Crippen LogP contribution is 2.43. The summed E-state index contributed by atoms with van der Waals surface area (Å²) in [5.41, 5.74) is 3.90. The van der Waals surface area contributed by atoms with Gasteiger partial charge in [0.05, 0.1) is 0 Å². The Morgan fingerprint density at radius 1 is 1.31 bits per heavy atom. The van der Waals surface area contributed by atoms with Crippen molar-refractivity contribution in [3.05, 3.63) is 11.1 Å². The van der Waals surface area contributed by atoms with Gasteiger partial charge in [-0.2, -0.15) is 0 Å². The van der Waals surface area contributed by atoms with Crippen LogP contribution in [0.25, 0.3) is 0 Å². The van der Waals surface area contributed by atoms with Crippen molar-refractivity contribution in [2.45, 2.75) is 54.4 Å². The number of hydrogen-bond donors (Lipinski definition) is 0. The summed E-state index contributed by atoms with van der Waals surface area (Å²) < 4.78 is 0. The van der Waals surface area contributed by atoms with Gasteiger partial charge >= 0.3 is 0 Å². The summed E-state index contributed by atoms with van der Waals surface area (Å²) in [4.78, 5) is 0. The maximum Gasteiger partial charge on any atom is -0.0221 e. The molecule has 1 aliphatic rings. The van der Waals surface area contributed by atoms with Crippen LogP contribution in [0.5, 0.6) is 0 Å². The normalized spacial score (nSPS) is 28.4. The van der Waals surface area contributed by atoms with Crippen molar-refractivity contribution in [3.8, 4) is 0 Å². The van der Waals surface area contributed by atoms with E-state index in [4.69, 9.17) is 0 Å². The molecule has 1 rings (SSSR count). The van der Waals surface area contributed by atoms with E-state index in [0.29, 0.717) is 5.41 Å². The molecule has 0 heterocycles. The SMILES string of the molecule is CC1=C(C(C)C)C(C)CC(C)(C)C1. The second-order valence-electron chi connectivity index (χ2n) is 5.84. The highest BCUT2D eigenvalue weighted by Gasteiger charge is 2.30. The molecule has 0 fully saturated rings. The maximum absolute atomic E-state index is 2.39. The topological polar surface area (TPSA) is 0 Å². The summed E-state index contributed by atoms with van der Waals surface area (Å²) >= 11 is 0. The van der Waals surface area contributed by atoms with E-state index in [1.54, 1.807) is 11.1 Å². The first-order chi connectivity index (χ1) is 5.83. The molecule has 0 N–H and O–H groups in total. The molecular formula is C13H24. The van der Waals surface area contributed by atoms with Gasteiger partial charge in [-0.3, -0.25) is 0 Å². The summed E-state index contributed by atoms with van der Waals surface area (Å²) in [6.07, 6.45) is 2.66. The van der Waals surface area contributed by atoms with Crippen LogP contribution in [-0.2, 0) is 0 Å². The monoisotopic (exact) mass is 180 g/mol. The zero-order valence-corrected chi connectivity index (χ0v) is 10.1. The molecule has 0 saturated heterocycles. The Hall–Kier alpha value is -0.260. The van der Waals surface area contributed by atoms with Crippen molar-refractivity contribution in [1.29, 1.82) is 0 Å². The Kier molecular flexibility index (Phi) is 2.89. The van der Waals surface area contributed by atoms with Crippen LogP contribution in [0.4, 0.5) is 0 Å². The molecule has 0 amide bonds. The summed E-state index contributed by atoms with van der Waals surface area (Å²) in [7, 11) is 0. The summed E-state index contributed by atoms with van der Waals surface area (Å²) in [6.45, 7) is 14.2. The third-order valence-corrected chi connectivity index (χ3v) is 3.25. The van der Waals surface area contributed by atoms with Crippen LogP contribution >= 0.6 is 0 Å². The maximum atomic E-state index is 2.39. The van der Waals surface area contributed by atoms with Crippen LogP contribution in [-0.4, -0.2) is 0 Å². The van der Waals surface area contributed by atoms with Crippen LogP contribution in [0, 0.1) is 17.3 Å². The van der Waals surface area contributed by atoms with Gasteiger partial charge in [0.2, 0.25) is 0 Å². The molecule has 0 heteroatoms. The molecule has 1 aliphatic carbocycles. The van der Waals surface area contributed by atoms with Gasteiger partial charge in [0.1, 0.15) is 0 Å². The minimum Gasteiger partial charge on any atom is -0.0731 e. The molecule has 0 spiro atoms. The molecule has 0 aromatic carbocycles. The van der Waals surface area contributed by atoms with Gasteiger partial charge in [0.25, 0.3) is 0 Å². The molecule has 0 saturated carbocycles. The van der Waals surface area contributed by atoms with Crippen molar-refractivity contribution >= 4 is 0 Å². The van der Waals surface area contributed by atoms with Crippen molar-refractivity contribution in [1.82, 2.24) is 0 Å². The molecule has 0 radical (unpaired) electrons. The third kappa shape index (κ3) is 2.36. The molecule has 0 aromatic heterocycles. The third-order valence-electron chi connectivity index (χ3n) is 3.25. The molecule has 1 atom stereocenters. The highest BCUT2D eigenvalue weighted by atomic mass is 14.4. The first-order valence-corrected chi connectivity index (χ1v) is 5.53. The standard InChI is InChI=1S/C13H24/c1-9(2)12-10(3)7-13(5,6)8-11(12)4/h9-10H,7-8H2,1-6H3. The van der Waals surface area contributed by atoms with E-state index in [1.165, 1.54) is 12.8 Å². The molecule has 76 valence electrons. The van der Waals surface area contributed by atoms with Gasteiger partial charge in [-0.1, -0.05) is 45.8 Å². The summed E-state index contributed by atoms with van der Waals surface area (Å²) in [5.74, 6) is 1.54. The molecule has 13 heavy (non-hydrogen) atoms. The summed E-state index contributed by atoms with van der Waals surface area (Å²) in [5, 5.41) is 0. The lowest BCUT2D eigenvalue weighted by atomic mass is 9.68. The zero-order valence-electron chi connectivity index (χ0n) is 10.1. The van der Waals surface area contributed by atoms with Gasteiger partial charge in [-0.25, -0.2) is 0 Å². The molecular weight excluding hydrogens is 156 g/mol. The quantitative estimate of drug-likeness (QED) is 0.524. The van der Waals surface area contributed by atoms with E-state index in [1.807, 2.05) is 0 Å². The van der Waals surface area contributed by atoms with Crippen molar-refractivity contribution in [2.24, 2.45) is 17.3 Å². The van der Waals surface area contributed by atoms with Crippen LogP contribution in [0.3, 0.4) is 0 Å². The highest BCUT2D eigenvalue weighted by molar-refractivity contribution is 5.21. The number of hydrogen-bond acceptors (Lipinski definition) is 0. The first kappa shape index (κ1) is 10.8. The van der Waals surface area contributed by atoms with E-state index >= 15 is 0 Å². The lowest BCUT2D eigenvalue weighted by molar-refractivity contribution is 0.260. The van der Waals surface area contributed by atoms with Crippen LogP contribution in [0.15, 0.2) is 11.1 Å². The van der Waals surface area contributed by atoms with E-state index in [2.05, 4.69) is 41.5 Å². The molecule has 1 unspecified atom stereocenters. The Balaban J connectivity index is 2.94. The predicted octanol–water partition coefficient (Wildman–Crippen LogP) is 4.42. The largest absolute Gasteiger partial charge is 0.0731 e. The van der Waals surface area contributed by atoms with E-state index in [9.17, 15) is 0 Å². The second-order valence-corrected chi connectivity index (χ2v) is 5.84. The second kappa shape index (κ2) is 3.48.